The van der Waals surface area contributed by atoms with Crippen molar-refractivity contribution >= 4 is 34.0 Å². The number of likely N-dealkylation sites (tertiary alicyclic amines) is 1. The second kappa shape index (κ2) is 6.92. The van der Waals surface area contributed by atoms with Crippen molar-refractivity contribution in [1.82, 2.24) is 14.8 Å². The van der Waals surface area contributed by atoms with Crippen LogP contribution in [0.1, 0.15) is 18.4 Å². The van der Waals surface area contributed by atoms with Crippen molar-refractivity contribution in [3.8, 4) is 0 Å². The summed E-state index contributed by atoms with van der Waals surface area (Å²) in [5.74, 6) is 0. The molecule has 0 saturated carbocycles. The Hall–Kier alpha value is -0.880. The molecule has 4 nitrogen and oxygen atoms in total. The highest BCUT2D eigenvalue weighted by Crippen LogP contribution is 2.20. The number of benzene rings is 1. The summed E-state index contributed by atoms with van der Waals surface area (Å²) in [7, 11) is 3.88. The van der Waals surface area contributed by atoms with Gasteiger partial charge in [-0.1, -0.05) is 17.4 Å². The highest BCUT2D eigenvalue weighted by molar-refractivity contribution is 7.16. The van der Waals surface area contributed by atoms with Crippen LogP contribution in [0.15, 0.2) is 23.0 Å². The maximum Gasteiger partial charge on any atom is 0.307 e. The molecule has 6 heteroatoms. The van der Waals surface area contributed by atoms with Crippen molar-refractivity contribution in [3.63, 3.8) is 0 Å². The van der Waals surface area contributed by atoms with Crippen molar-refractivity contribution in [2.24, 2.45) is 7.05 Å². The average Bonchev–Trinajstić information content (AvgIpc) is 2.74. The molecule has 21 heavy (non-hydrogen) atoms. The molecule has 1 aliphatic heterocycles. The molecule has 1 atom stereocenters. The summed E-state index contributed by atoms with van der Waals surface area (Å²) in [6, 6.07) is 7.00. The number of thiazole rings is 1. The van der Waals surface area contributed by atoms with Gasteiger partial charge in [0.1, 0.15) is 0 Å². The van der Waals surface area contributed by atoms with Gasteiger partial charge < -0.3 is 9.88 Å². The minimum absolute atomic E-state index is 0. The zero-order valence-electron chi connectivity index (χ0n) is 12.5. The zero-order valence-corrected chi connectivity index (χ0v) is 14.1. The molecule has 1 aromatic heterocycles. The third kappa shape index (κ3) is 3.48. The fourth-order valence-electron chi connectivity index (χ4n) is 2.97. The number of aryl methyl sites for hydroxylation is 1. The quantitative estimate of drug-likeness (QED) is 0.939. The molecule has 1 unspecified atom stereocenters. The van der Waals surface area contributed by atoms with Gasteiger partial charge in [-0.2, -0.15) is 0 Å². The summed E-state index contributed by atoms with van der Waals surface area (Å²) in [5, 5.41) is 3.38. The van der Waals surface area contributed by atoms with Crippen molar-refractivity contribution in [2.75, 3.05) is 20.1 Å². The first kappa shape index (κ1) is 16.5. The fraction of sp³-hybridized carbons (Fsp3) is 0.533. The molecule has 2 heterocycles. The van der Waals surface area contributed by atoms with Crippen LogP contribution in [-0.4, -0.2) is 35.6 Å². The van der Waals surface area contributed by atoms with Gasteiger partial charge >= 0.3 is 4.87 Å². The first-order valence-electron chi connectivity index (χ1n) is 7.15. The van der Waals surface area contributed by atoms with E-state index >= 15 is 0 Å². The Kier molecular flexibility index (Phi) is 5.43. The molecule has 0 amide bonds. The van der Waals surface area contributed by atoms with E-state index in [0.29, 0.717) is 6.04 Å². The largest absolute Gasteiger partial charge is 0.316 e. The standard InChI is InChI=1S/C15H21N3OS.ClH/c1-16-12-4-3-7-18(10-12)9-11-5-6-13-14(8-11)20-15(19)17(13)2;/h5-6,8,12,16H,3-4,7,9-10H2,1-2H3;1H. The Morgan fingerprint density at radius 1 is 1.43 bits per heavy atom. The third-order valence-corrected chi connectivity index (χ3v) is 5.17. The predicted molar refractivity (Wildman–Crippen MR) is 91.7 cm³/mol. The number of fused-ring (bicyclic) bond motifs is 1. The van der Waals surface area contributed by atoms with E-state index in [1.807, 2.05) is 14.1 Å². The number of nitrogens with zero attached hydrogens (tertiary/aromatic N) is 2. The van der Waals surface area contributed by atoms with E-state index in [1.165, 1.54) is 36.3 Å². The normalized spacial score (nSPS) is 19.6. The fourth-order valence-corrected chi connectivity index (χ4v) is 3.91. The summed E-state index contributed by atoms with van der Waals surface area (Å²) >= 11 is 1.34. The topological polar surface area (TPSA) is 37.3 Å². The zero-order chi connectivity index (χ0) is 14.1. The number of rotatable bonds is 3. The van der Waals surface area contributed by atoms with Gasteiger partial charge in [-0.3, -0.25) is 9.69 Å². The van der Waals surface area contributed by atoms with Gasteiger partial charge in [0.2, 0.25) is 0 Å². The highest BCUT2D eigenvalue weighted by Gasteiger charge is 2.18. The maximum atomic E-state index is 11.7. The molecular weight excluding hydrogens is 306 g/mol. The van der Waals surface area contributed by atoms with Crippen LogP contribution in [0.25, 0.3) is 10.2 Å². The third-order valence-electron chi connectivity index (χ3n) is 4.18. The number of hydrogen-bond donors (Lipinski definition) is 1. The highest BCUT2D eigenvalue weighted by atomic mass is 35.5. The van der Waals surface area contributed by atoms with Crippen molar-refractivity contribution < 1.29 is 0 Å². The molecule has 1 fully saturated rings. The number of halogens is 1. The van der Waals surface area contributed by atoms with E-state index in [1.54, 1.807) is 4.57 Å². The molecule has 1 N–H and O–H groups in total. The summed E-state index contributed by atoms with van der Waals surface area (Å²) < 4.78 is 2.82. The monoisotopic (exact) mass is 327 g/mol. The Morgan fingerprint density at radius 3 is 3.00 bits per heavy atom. The Balaban J connectivity index is 0.00000161. The van der Waals surface area contributed by atoms with E-state index in [9.17, 15) is 4.79 Å². The van der Waals surface area contributed by atoms with Crippen LogP contribution in [0.3, 0.4) is 0 Å². The molecule has 0 bridgehead atoms. The van der Waals surface area contributed by atoms with E-state index in [4.69, 9.17) is 0 Å². The van der Waals surface area contributed by atoms with Gasteiger partial charge in [0.15, 0.2) is 0 Å². The first-order chi connectivity index (χ1) is 9.67. The van der Waals surface area contributed by atoms with Crippen LogP contribution in [0, 0.1) is 0 Å². The van der Waals surface area contributed by atoms with Crippen molar-refractivity contribution in [2.45, 2.75) is 25.4 Å². The predicted octanol–water partition coefficient (Wildman–Crippen LogP) is 2.21. The lowest BCUT2D eigenvalue weighted by Gasteiger charge is -2.32. The summed E-state index contributed by atoms with van der Waals surface area (Å²) in [4.78, 5) is 14.3. The molecular formula is C15H22ClN3OS. The molecule has 1 saturated heterocycles. The van der Waals surface area contributed by atoms with Gasteiger partial charge in [-0.25, -0.2) is 0 Å². The van der Waals surface area contributed by atoms with Gasteiger partial charge in [-0.15, -0.1) is 12.4 Å². The molecule has 2 aromatic rings. The van der Waals surface area contributed by atoms with Gasteiger partial charge in [0.05, 0.1) is 10.2 Å². The second-order valence-electron chi connectivity index (χ2n) is 5.59. The number of aromatic nitrogens is 1. The van der Waals surface area contributed by atoms with Crippen LogP contribution in [-0.2, 0) is 13.6 Å². The van der Waals surface area contributed by atoms with Gasteiger partial charge in [0.25, 0.3) is 0 Å². The smallest absolute Gasteiger partial charge is 0.307 e. The summed E-state index contributed by atoms with van der Waals surface area (Å²) in [6.45, 7) is 3.25. The average molecular weight is 328 g/mol. The lowest BCUT2D eigenvalue weighted by Crippen LogP contribution is -2.43. The van der Waals surface area contributed by atoms with Crippen LogP contribution in [0.2, 0.25) is 0 Å². The van der Waals surface area contributed by atoms with Crippen molar-refractivity contribution in [3.05, 3.63) is 33.4 Å². The lowest BCUT2D eigenvalue weighted by atomic mass is 10.1. The summed E-state index contributed by atoms with van der Waals surface area (Å²) in [6.07, 6.45) is 2.53. The lowest BCUT2D eigenvalue weighted by molar-refractivity contribution is 0.188. The van der Waals surface area contributed by atoms with E-state index in [-0.39, 0.29) is 17.3 Å². The minimum atomic E-state index is 0. The number of piperidine rings is 1. The molecule has 1 aliphatic rings. The van der Waals surface area contributed by atoms with Gasteiger partial charge in [-0.05, 0) is 44.1 Å². The molecule has 0 spiro atoms. The molecule has 0 aliphatic carbocycles. The van der Waals surface area contributed by atoms with Crippen LogP contribution < -0.4 is 10.2 Å². The van der Waals surface area contributed by atoms with Crippen LogP contribution >= 0.6 is 23.7 Å². The summed E-state index contributed by atoms with van der Waals surface area (Å²) in [5.41, 5.74) is 2.34. The minimum Gasteiger partial charge on any atom is -0.316 e. The molecule has 116 valence electrons. The van der Waals surface area contributed by atoms with E-state index < -0.39 is 0 Å². The van der Waals surface area contributed by atoms with E-state index in [0.717, 1.165) is 23.3 Å². The molecule has 0 radical (unpaired) electrons. The Morgan fingerprint density at radius 2 is 2.24 bits per heavy atom. The van der Waals surface area contributed by atoms with Crippen molar-refractivity contribution in [1.29, 1.82) is 0 Å². The van der Waals surface area contributed by atoms with E-state index in [2.05, 4.69) is 28.4 Å². The Labute approximate surface area is 135 Å². The first-order valence-corrected chi connectivity index (χ1v) is 7.97. The van der Waals surface area contributed by atoms with Gasteiger partial charge in [0, 0.05) is 26.2 Å². The second-order valence-corrected chi connectivity index (χ2v) is 6.59. The number of hydrogen-bond acceptors (Lipinski definition) is 4. The van der Waals surface area contributed by atoms with Crippen LogP contribution in [0.5, 0.6) is 0 Å². The number of likely N-dealkylation sites (N-methyl/N-ethyl adjacent to an activating group) is 1. The molecule has 3 rings (SSSR count). The van der Waals surface area contributed by atoms with Crippen LogP contribution in [0.4, 0.5) is 0 Å². The molecule has 1 aromatic carbocycles. The number of nitrogens with one attached hydrogen (secondary N) is 1. The maximum absolute atomic E-state index is 11.7. The SMILES string of the molecule is CNC1CCCN(Cc2ccc3c(c2)sc(=O)n3C)C1.Cl. The Bertz CT molecular complexity index is 666.